The average Bonchev–Trinajstić information content (AvgIpc) is 1.86. The number of hydrogen-bond donors (Lipinski definition) is 0. The lowest BCUT2D eigenvalue weighted by Crippen LogP contribution is -2.18. The lowest BCUT2D eigenvalue weighted by atomic mass is 9.71. The molecule has 1 unspecified atom stereocenters. The van der Waals surface area contributed by atoms with E-state index in [4.69, 9.17) is 0 Å². The van der Waals surface area contributed by atoms with Gasteiger partial charge in [-0.15, -0.1) is 0 Å². The van der Waals surface area contributed by atoms with Gasteiger partial charge in [-0.05, 0) is 38.0 Å². The summed E-state index contributed by atoms with van der Waals surface area (Å²) in [6.07, 6.45) is 7.21. The molecule has 0 fully saturated rings. The van der Waals surface area contributed by atoms with Gasteiger partial charge in [0.1, 0.15) is 0 Å². The van der Waals surface area contributed by atoms with Gasteiger partial charge in [-0.3, -0.25) is 0 Å². The lowest BCUT2D eigenvalue weighted by Gasteiger charge is -2.34. The third-order valence-corrected chi connectivity index (χ3v) is 2.78. The summed E-state index contributed by atoms with van der Waals surface area (Å²) in [5.74, 6) is 0.959. The first kappa shape index (κ1) is 5.52. The molecule has 2 rings (SSSR count). The largest absolute Gasteiger partial charge is 0.0701 e. The Hall–Kier alpha value is -0.260. The fourth-order valence-electron chi connectivity index (χ4n) is 2.18. The van der Waals surface area contributed by atoms with E-state index in [9.17, 15) is 0 Å². The van der Waals surface area contributed by atoms with E-state index in [-0.39, 0.29) is 0 Å². The second-order valence-corrected chi connectivity index (χ2v) is 3.44. The molecule has 0 heterocycles. The van der Waals surface area contributed by atoms with E-state index in [1.807, 2.05) is 11.1 Å². The van der Waals surface area contributed by atoms with E-state index < -0.39 is 0 Å². The molecule has 0 aromatic heterocycles. The van der Waals surface area contributed by atoms with Crippen LogP contribution in [0.2, 0.25) is 0 Å². The van der Waals surface area contributed by atoms with Crippen LogP contribution in [0.5, 0.6) is 0 Å². The van der Waals surface area contributed by atoms with E-state index in [1.54, 1.807) is 0 Å². The van der Waals surface area contributed by atoms with Crippen LogP contribution in [-0.2, 0) is 0 Å². The molecule has 2 aliphatic rings. The second kappa shape index (κ2) is 1.86. The molecular formula is C9H14. The molecule has 0 amide bonds. The fraction of sp³-hybridized carbons (Fsp3) is 0.778. The third-order valence-electron chi connectivity index (χ3n) is 2.78. The van der Waals surface area contributed by atoms with Gasteiger partial charge in [0, 0.05) is 0 Å². The first-order chi connectivity index (χ1) is 4.38. The first-order valence-corrected chi connectivity index (χ1v) is 4.08. The van der Waals surface area contributed by atoms with Gasteiger partial charge >= 0.3 is 0 Å². The molecule has 1 atom stereocenters. The highest BCUT2D eigenvalue weighted by molar-refractivity contribution is 5.29. The van der Waals surface area contributed by atoms with Gasteiger partial charge in [0.25, 0.3) is 0 Å². The van der Waals surface area contributed by atoms with Crippen molar-refractivity contribution < 1.29 is 0 Å². The molecular weight excluding hydrogens is 108 g/mol. The van der Waals surface area contributed by atoms with Crippen molar-refractivity contribution >= 4 is 0 Å². The summed E-state index contributed by atoms with van der Waals surface area (Å²) in [6, 6.07) is 0. The predicted molar refractivity (Wildman–Crippen MR) is 39.3 cm³/mol. The van der Waals surface area contributed by atoms with Crippen molar-refractivity contribution in [3.05, 3.63) is 11.1 Å². The zero-order chi connectivity index (χ0) is 6.27. The van der Waals surface area contributed by atoms with Crippen LogP contribution in [0.1, 0.15) is 39.0 Å². The van der Waals surface area contributed by atoms with Crippen molar-refractivity contribution in [2.24, 2.45) is 5.92 Å². The minimum atomic E-state index is 0.959. The van der Waals surface area contributed by atoms with Gasteiger partial charge < -0.3 is 0 Å². The molecule has 0 bridgehead atoms. The zero-order valence-electron chi connectivity index (χ0n) is 6.11. The molecule has 2 aliphatic carbocycles. The summed E-state index contributed by atoms with van der Waals surface area (Å²) in [5, 5.41) is 0. The van der Waals surface area contributed by atoms with Crippen molar-refractivity contribution in [1.82, 2.24) is 0 Å². The van der Waals surface area contributed by atoms with E-state index in [1.165, 1.54) is 32.1 Å². The average molecular weight is 122 g/mol. The highest BCUT2D eigenvalue weighted by atomic mass is 14.3. The Bertz CT molecular complexity index is 153. The Morgan fingerprint density at radius 1 is 1.22 bits per heavy atom. The molecule has 50 valence electrons. The Kier molecular flexibility index (Phi) is 1.14. The Morgan fingerprint density at radius 3 is 2.56 bits per heavy atom. The van der Waals surface area contributed by atoms with Gasteiger partial charge in [-0.2, -0.15) is 0 Å². The van der Waals surface area contributed by atoms with Gasteiger partial charge in [-0.25, -0.2) is 0 Å². The smallest absolute Gasteiger partial charge is 0.0192 e. The predicted octanol–water partition coefficient (Wildman–Crippen LogP) is 2.90. The molecule has 0 radical (unpaired) electrons. The van der Waals surface area contributed by atoms with Crippen molar-refractivity contribution in [2.45, 2.75) is 39.0 Å². The van der Waals surface area contributed by atoms with Crippen LogP contribution in [0.15, 0.2) is 11.1 Å². The summed E-state index contributed by atoms with van der Waals surface area (Å²) in [5.41, 5.74) is 3.63. The molecule has 9 heavy (non-hydrogen) atoms. The van der Waals surface area contributed by atoms with Gasteiger partial charge in [-0.1, -0.05) is 18.1 Å². The molecule has 0 saturated carbocycles. The highest BCUT2D eigenvalue weighted by Crippen LogP contribution is 2.43. The minimum Gasteiger partial charge on any atom is -0.0701 e. The quantitative estimate of drug-likeness (QED) is 0.433. The minimum absolute atomic E-state index is 0.959. The fourth-order valence-corrected chi connectivity index (χ4v) is 2.18. The maximum Gasteiger partial charge on any atom is -0.0192 e. The summed E-state index contributed by atoms with van der Waals surface area (Å²) in [4.78, 5) is 0. The maximum absolute atomic E-state index is 2.37. The van der Waals surface area contributed by atoms with Gasteiger partial charge in [0.05, 0.1) is 0 Å². The standard InChI is InChI=1S/C9H14/c1-7-6-8-4-2-3-5-9(7)8/h7H,2-6H2,1H3. The van der Waals surface area contributed by atoms with E-state index in [0.717, 1.165) is 5.92 Å². The monoisotopic (exact) mass is 122 g/mol. The van der Waals surface area contributed by atoms with Crippen LogP contribution in [0.25, 0.3) is 0 Å². The van der Waals surface area contributed by atoms with Crippen LogP contribution in [0.3, 0.4) is 0 Å². The second-order valence-electron chi connectivity index (χ2n) is 3.44. The van der Waals surface area contributed by atoms with Crippen LogP contribution >= 0.6 is 0 Å². The van der Waals surface area contributed by atoms with Gasteiger partial charge in [0.15, 0.2) is 0 Å². The SMILES string of the molecule is CC1CC2=C1CCCC2. The summed E-state index contributed by atoms with van der Waals surface area (Å²) >= 11 is 0. The van der Waals surface area contributed by atoms with Crippen LogP contribution < -0.4 is 0 Å². The Balaban J connectivity index is 2.17. The van der Waals surface area contributed by atoms with Gasteiger partial charge in [0.2, 0.25) is 0 Å². The molecule has 0 saturated heterocycles. The number of allylic oxidation sites excluding steroid dienone is 2. The van der Waals surface area contributed by atoms with E-state index in [2.05, 4.69) is 6.92 Å². The van der Waals surface area contributed by atoms with Crippen molar-refractivity contribution in [1.29, 1.82) is 0 Å². The van der Waals surface area contributed by atoms with Crippen LogP contribution in [0, 0.1) is 5.92 Å². The third kappa shape index (κ3) is 0.726. The first-order valence-electron chi connectivity index (χ1n) is 4.08. The Morgan fingerprint density at radius 2 is 2.00 bits per heavy atom. The summed E-state index contributed by atoms with van der Waals surface area (Å²) < 4.78 is 0. The van der Waals surface area contributed by atoms with Crippen molar-refractivity contribution in [3.8, 4) is 0 Å². The molecule has 0 nitrogen and oxygen atoms in total. The topological polar surface area (TPSA) is 0 Å². The maximum atomic E-state index is 2.37. The zero-order valence-corrected chi connectivity index (χ0v) is 6.11. The van der Waals surface area contributed by atoms with Crippen LogP contribution in [-0.4, -0.2) is 0 Å². The number of hydrogen-bond acceptors (Lipinski definition) is 0. The van der Waals surface area contributed by atoms with E-state index >= 15 is 0 Å². The summed E-state index contributed by atoms with van der Waals surface area (Å²) in [6.45, 7) is 2.37. The molecule has 0 aromatic carbocycles. The molecule has 0 heteroatoms. The number of rotatable bonds is 0. The molecule has 0 aromatic rings. The van der Waals surface area contributed by atoms with Crippen LogP contribution in [0.4, 0.5) is 0 Å². The summed E-state index contributed by atoms with van der Waals surface area (Å²) in [7, 11) is 0. The highest BCUT2D eigenvalue weighted by Gasteiger charge is 2.26. The lowest BCUT2D eigenvalue weighted by molar-refractivity contribution is 0.473. The molecule has 0 spiro atoms. The van der Waals surface area contributed by atoms with E-state index in [0.29, 0.717) is 0 Å². The van der Waals surface area contributed by atoms with Crippen molar-refractivity contribution in [3.63, 3.8) is 0 Å². The van der Waals surface area contributed by atoms with Crippen molar-refractivity contribution in [2.75, 3.05) is 0 Å². The Labute approximate surface area is 57.0 Å². The molecule has 0 N–H and O–H groups in total. The normalized spacial score (nSPS) is 33.7. The molecule has 0 aliphatic heterocycles.